The highest BCUT2D eigenvalue weighted by molar-refractivity contribution is 5.92. The van der Waals surface area contributed by atoms with Crippen LogP contribution in [-0.2, 0) is 11.3 Å². The van der Waals surface area contributed by atoms with Crippen LogP contribution >= 0.6 is 0 Å². The topological polar surface area (TPSA) is 96.5 Å². The van der Waals surface area contributed by atoms with Gasteiger partial charge < -0.3 is 19.5 Å². The van der Waals surface area contributed by atoms with Crippen molar-refractivity contribution in [1.82, 2.24) is 14.8 Å². The number of amides is 1. The van der Waals surface area contributed by atoms with Gasteiger partial charge >= 0.3 is 0 Å². The summed E-state index contributed by atoms with van der Waals surface area (Å²) in [4.78, 5) is 34.8. The Morgan fingerprint density at radius 1 is 1.03 bits per heavy atom. The number of aromatic nitrogens is 3. The Kier molecular flexibility index (Phi) is 5.27. The predicted octanol–water partition coefficient (Wildman–Crippen LogP) is 3.39. The lowest BCUT2D eigenvalue weighted by molar-refractivity contribution is -0.117. The molecule has 3 aliphatic rings. The molecular weight excluding hydrogens is 432 g/mol. The fourth-order valence-electron chi connectivity index (χ4n) is 5.90. The highest BCUT2D eigenvalue weighted by Crippen LogP contribution is 2.46. The Labute approximate surface area is 197 Å². The number of carbonyl (C=O) groups excluding carboxylic acids is 1. The fraction of sp³-hybridized carbons (Fsp3) is 0.520. The molecule has 2 saturated heterocycles. The summed E-state index contributed by atoms with van der Waals surface area (Å²) in [5.74, 6) is 0.512. The molecule has 2 aromatic heterocycles. The Hall–Kier alpha value is -3.36. The van der Waals surface area contributed by atoms with Gasteiger partial charge in [-0.05, 0) is 55.7 Å². The number of carbonyl (C=O) groups is 1. The minimum Gasteiger partial charge on any atom is -0.443 e. The minimum absolute atomic E-state index is 0.136. The molecule has 0 unspecified atom stereocenters. The molecule has 4 heterocycles. The number of nitrogens with zero attached hydrogens (tertiary/aromatic N) is 5. The van der Waals surface area contributed by atoms with Gasteiger partial charge in [0.25, 0.3) is 5.56 Å². The Morgan fingerprint density at radius 3 is 2.68 bits per heavy atom. The van der Waals surface area contributed by atoms with Gasteiger partial charge in [0.05, 0.1) is 0 Å². The molecule has 1 saturated carbocycles. The van der Waals surface area contributed by atoms with E-state index in [0.717, 1.165) is 44.8 Å². The molecule has 6 rings (SSSR count). The standard InChI is InChI=1S/C25H30N6O3/c32-23(27-18-5-6-21-19(13-18)26-17-34-21)15-31-24(33)20(29-10-3-4-11-29)14-22(28-31)30-12-9-25(16-30)7-1-2-8-25/h5-6,13-14,17H,1-4,7-12,15-16H2,(H,27,32). The summed E-state index contributed by atoms with van der Waals surface area (Å²) in [6.45, 7) is 3.54. The summed E-state index contributed by atoms with van der Waals surface area (Å²) in [6, 6.07) is 7.23. The second-order valence-corrected chi connectivity index (χ2v) is 10.0. The van der Waals surface area contributed by atoms with Crippen LogP contribution in [0, 0.1) is 5.41 Å². The molecule has 9 heteroatoms. The van der Waals surface area contributed by atoms with Crippen LogP contribution in [0.25, 0.3) is 11.1 Å². The average molecular weight is 463 g/mol. The maximum absolute atomic E-state index is 13.3. The van der Waals surface area contributed by atoms with E-state index in [4.69, 9.17) is 4.42 Å². The van der Waals surface area contributed by atoms with Crippen molar-refractivity contribution in [1.29, 1.82) is 0 Å². The number of anilines is 3. The van der Waals surface area contributed by atoms with Crippen molar-refractivity contribution in [3.8, 4) is 0 Å². The van der Waals surface area contributed by atoms with Crippen LogP contribution in [0.3, 0.4) is 0 Å². The summed E-state index contributed by atoms with van der Waals surface area (Å²) in [5, 5.41) is 7.55. The summed E-state index contributed by atoms with van der Waals surface area (Å²) in [6.07, 6.45) is 9.88. The zero-order valence-corrected chi connectivity index (χ0v) is 19.3. The van der Waals surface area contributed by atoms with Crippen LogP contribution in [0.5, 0.6) is 0 Å². The molecule has 1 amide bonds. The van der Waals surface area contributed by atoms with Gasteiger partial charge in [0.15, 0.2) is 17.8 Å². The Morgan fingerprint density at radius 2 is 1.85 bits per heavy atom. The number of benzene rings is 1. The minimum atomic E-state index is -0.296. The molecular formula is C25H30N6O3. The van der Waals surface area contributed by atoms with Gasteiger partial charge in [-0.3, -0.25) is 9.59 Å². The number of fused-ring (bicyclic) bond motifs is 1. The number of hydrogen-bond donors (Lipinski definition) is 1. The van der Waals surface area contributed by atoms with E-state index in [-0.39, 0.29) is 18.0 Å². The average Bonchev–Trinajstić information content (AvgIpc) is 3.64. The number of hydrogen-bond acceptors (Lipinski definition) is 7. The van der Waals surface area contributed by atoms with Crippen molar-refractivity contribution < 1.29 is 9.21 Å². The first-order valence-corrected chi connectivity index (χ1v) is 12.3. The van der Waals surface area contributed by atoms with Crippen LogP contribution in [0.1, 0.15) is 44.9 Å². The third-order valence-electron chi connectivity index (χ3n) is 7.72. The molecule has 0 atom stereocenters. The van der Waals surface area contributed by atoms with Crippen molar-refractivity contribution in [3.63, 3.8) is 0 Å². The zero-order chi connectivity index (χ0) is 23.1. The third kappa shape index (κ3) is 3.93. The summed E-state index contributed by atoms with van der Waals surface area (Å²) in [5.41, 5.74) is 2.78. The van der Waals surface area contributed by atoms with E-state index >= 15 is 0 Å². The lowest BCUT2D eigenvalue weighted by Crippen LogP contribution is -2.36. The Bertz CT molecular complexity index is 1270. The maximum atomic E-state index is 13.3. The number of nitrogens with one attached hydrogen (secondary N) is 1. The molecule has 3 fully saturated rings. The smallest absolute Gasteiger partial charge is 0.290 e. The van der Waals surface area contributed by atoms with E-state index in [2.05, 4.69) is 25.2 Å². The quantitative estimate of drug-likeness (QED) is 0.621. The molecule has 1 aromatic carbocycles. The predicted molar refractivity (Wildman–Crippen MR) is 130 cm³/mol. The van der Waals surface area contributed by atoms with E-state index in [1.807, 2.05) is 6.07 Å². The number of rotatable bonds is 5. The third-order valence-corrected chi connectivity index (χ3v) is 7.72. The summed E-state index contributed by atoms with van der Waals surface area (Å²) >= 11 is 0. The van der Waals surface area contributed by atoms with Gasteiger partial charge in [0.1, 0.15) is 17.7 Å². The Balaban J connectivity index is 1.27. The highest BCUT2D eigenvalue weighted by atomic mass is 16.3. The van der Waals surface area contributed by atoms with Crippen molar-refractivity contribution in [2.24, 2.45) is 5.41 Å². The van der Waals surface area contributed by atoms with Gasteiger partial charge in [0, 0.05) is 37.9 Å². The van der Waals surface area contributed by atoms with Gasteiger partial charge in [0.2, 0.25) is 5.91 Å². The van der Waals surface area contributed by atoms with Crippen molar-refractivity contribution >= 4 is 34.2 Å². The first-order valence-electron chi connectivity index (χ1n) is 12.3. The molecule has 1 N–H and O–H groups in total. The van der Waals surface area contributed by atoms with Gasteiger partial charge in [-0.15, -0.1) is 0 Å². The maximum Gasteiger partial charge on any atom is 0.290 e. The molecule has 1 spiro atoms. The van der Waals surface area contributed by atoms with Crippen LogP contribution in [0.2, 0.25) is 0 Å². The zero-order valence-electron chi connectivity index (χ0n) is 19.3. The van der Waals surface area contributed by atoms with Crippen LogP contribution in [0.15, 0.2) is 39.9 Å². The molecule has 0 bridgehead atoms. The molecule has 9 nitrogen and oxygen atoms in total. The van der Waals surface area contributed by atoms with Crippen molar-refractivity contribution in [2.45, 2.75) is 51.5 Å². The van der Waals surface area contributed by atoms with Crippen LogP contribution in [0.4, 0.5) is 17.2 Å². The normalized spacial score (nSPS) is 19.5. The van der Waals surface area contributed by atoms with Crippen molar-refractivity contribution in [2.75, 3.05) is 41.3 Å². The highest BCUT2D eigenvalue weighted by Gasteiger charge is 2.41. The lowest BCUT2D eigenvalue weighted by Gasteiger charge is -2.26. The van der Waals surface area contributed by atoms with E-state index in [1.54, 1.807) is 18.2 Å². The molecule has 3 aromatic rings. The molecule has 2 aliphatic heterocycles. The number of oxazole rings is 1. The van der Waals surface area contributed by atoms with E-state index in [1.165, 1.54) is 43.2 Å². The SMILES string of the molecule is O=C(Cn1nc(N2CCC3(CCCC3)C2)cc(N2CCCC2)c1=O)Nc1ccc2ocnc2c1. The summed E-state index contributed by atoms with van der Waals surface area (Å²) < 4.78 is 6.60. The van der Waals surface area contributed by atoms with Gasteiger partial charge in [-0.2, -0.15) is 5.10 Å². The molecule has 0 radical (unpaired) electrons. The molecule has 178 valence electrons. The van der Waals surface area contributed by atoms with Crippen molar-refractivity contribution in [3.05, 3.63) is 41.0 Å². The molecule has 34 heavy (non-hydrogen) atoms. The monoisotopic (exact) mass is 462 g/mol. The largest absolute Gasteiger partial charge is 0.443 e. The second-order valence-electron chi connectivity index (χ2n) is 10.0. The van der Waals surface area contributed by atoms with E-state index in [0.29, 0.717) is 27.9 Å². The van der Waals surface area contributed by atoms with Gasteiger partial charge in [-0.25, -0.2) is 9.67 Å². The van der Waals surface area contributed by atoms with E-state index < -0.39 is 0 Å². The summed E-state index contributed by atoms with van der Waals surface area (Å²) in [7, 11) is 0. The second kappa shape index (κ2) is 8.45. The fourth-order valence-corrected chi connectivity index (χ4v) is 5.90. The van der Waals surface area contributed by atoms with E-state index in [9.17, 15) is 9.59 Å². The van der Waals surface area contributed by atoms with Crippen LogP contribution < -0.4 is 20.7 Å². The van der Waals surface area contributed by atoms with Crippen LogP contribution in [-0.4, -0.2) is 46.9 Å². The first-order chi connectivity index (χ1) is 16.6. The first kappa shape index (κ1) is 21.2. The molecule has 1 aliphatic carbocycles. The lowest BCUT2D eigenvalue weighted by atomic mass is 9.86. The van der Waals surface area contributed by atoms with Gasteiger partial charge in [-0.1, -0.05) is 12.8 Å².